The van der Waals surface area contributed by atoms with E-state index in [2.05, 4.69) is 10.3 Å². The van der Waals surface area contributed by atoms with E-state index >= 15 is 0 Å². The lowest BCUT2D eigenvalue weighted by Gasteiger charge is -2.14. The molecule has 0 aliphatic carbocycles. The number of nitrogens with zero attached hydrogens (tertiary/aromatic N) is 1. The van der Waals surface area contributed by atoms with Crippen molar-refractivity contribution in [1.82, 2.24) is 0 Å². The van der Waals surface area contributed by atoms with Crippen LogP contribution in [0.3, 0.4) is 0 Å². The third-order valence-electron chi connectivity index (χ3n) is 1.35. The Morgan fingerprint density at radius 2 is 2.45 bits per heavy atom. The first-order valence-electron chi connectivity index (χ1n) is 2.99. The average Bonchev–Trinajstić information content (AvgIpc) is 2.34. The second-order valence-corrected chi connectivity index (χ2v) is 3.75. The van der Waals surface area contributed by atoms with Crippen LogP contribution in [0, 0.1) is 0 Å². The van der Waals surface area contributed by atoms with E-state index in [0.717, 1.165) is 10.6 Å². The quantitative estimate of drug-likeness (QED) is 0.513. The molecule has 0 fully saturated rings. The van der Waals surface area contributed by atoms with E-state index in [1.807, 2.05) is 11.4 Å². The molecule has 2 nitrogen and oxygen atoms in total. The number of thiophene rings is 1. The lowest BCUT2D eigenvalue weighted by molar-refractivity contribution is 1.04. The van der Waals surface area contributed by atoms with E-state index in [1.165, 1.54) is 0 Å². The predicted octanol–water partition coefficient (Wildman–Crippen LogP) is 2.68. The lowest BCUT2D eigenvalue weighted by Crippen LogP contribution is -2.16. The number of hydrogen-bond donors (Lipinski definition) is 1. The first-order valence-corrected chi connectivity index (χ1v) is 4.68. The first kappa shape index (κ1) is 7.40. The van der Waals surface area contributed by atoms with Gasteiger partial charge in [0.2, 0.25) is 0 Å². The Balaban J connectivity index is 2.50. The minimum atomic E-state index is -0.426. The van der Waals surface area contributed by atoms with Gasteiger partial charge >= 0.3 is 0 Å². The smallest absolute Gasteiger partial charge is 0.197 e. The molecule has 11 heavy (non-hydrogen) atoms. The van der Waals surface area contributed by atoms with Gasteiger partial charge in [-0.15, -0.1) is 11.3 Å². The number of nitrogens with one attached hydrogen (secondary N) is 1. The lowest BCUT2D eigenvalue weighted by atomic mass is 10.4. The Morgan fingerprint density at radius 3 is 3.27 bits per heavy atom. The Hall–Kier alpha value is -0.250. The Morgan fingerprint density at radius 1 is 1.64 bits per heavy atom. The second kappa shape index (κ2) is 2.66. The summed E-state index contributed by atoms with van der Waals surface area (Å²) >= 11 is 13.1. The van der Waals surface area contributed by atoms with Crippen molar-refractivity contribution >= 4 is 45.4 Å². The number of fused-ring (bicyclic) bond motifs is 1. The topological polar surface area (TPSA) is 24.4 Å². The zero-order valence-electron chi connectivity index (χ0n) is 5.34. The Labute approximate surface area is 77.8 Å². The van der Waals surface area contributed by atoms with Crippen LogP contribution < -0.4 is 5.32 Å². The summed E-state index contributed by atoms with van der Waals surface area (Å²) in [6.07, 6.45) is 0. The maximum atomic E-state index is 5.82. The zero-order chi connectivity index (χ0) is 7.84. The van der Waals surface area contributed by atoms with Gasteiger partial charge in [0, 0.05) is 0 Å². The largest absolute Gasteiger partial charge is 0.350 e. The molecule has 0 bridgehead atoms. The van der Waals surface area contributed by atoms with Crippen molar-refractivity contribution in [1.29, 1.82) is 0 Å². The number of hydrogen-bond acceptors (Lipinski definition) is 3. The molecule has 1 atom stereocenters. The van der Waals surface area contributed by atoms with Gasteiger partial charge < -0.3 is 5.32 Å². The van der Waals surface area contributed by atoms with E-state index in [1.54, 1.807) is 11.3 Å². The van der Waals surface area contributed by atoms with Gasteiger partial charge in [0.1, 0.15) is 5.17 Å². The summed E-state index contributed by atoms with van der Waals surface area (Å²) in [6.45, 7) is 0. The third-order valence-corrected chi connectivity index (χ3v) is 2.88. The van der Waals surface area contributed by atoms with E-state index in [0.29, 0.717) is 5.17 Å². The molecule has 0 saturated heterocycles. The fourth-order valence-electron chi connectivity index (χ4n) is 0.901. The second-order valence-electron chi connectivity index (χ2n) is 2.06. The first-order chi connectivity index (χ1) is 5.27. The van der Waals surface area contributed by atoms with Crippen molar-refractivity contribution in [3.8, 4) is 0 Å². The molecule has 1 N–H and O–H groups in total. The van der Waals surface area contributed by atoms with E-state index in [-0.39, 0.29) is 0 Å². The summed E-state index contributed by atoms with van der Waals surface area (Å²) in [4.78, 5) is 4.90. The minimum absolute atomic E-state index is 0.426. The van der Waals surface area contributed by atoms with Crippen LogP contribution in [0.5, 0.6) is 0 Å². The zero-order valence-corrected chi connectivity index (χ0v) is 7.67. The molecule has 2 heterocycles. The van der Waals surface area contributed by atoms with Gasteiger partial charge in [0.25, 0.3) is 0 Å². The van der Waals surface area contributed by atoms with Gasteiger partial charge in [-0.05, 0) is 11.4 Å². The van der Waals surface area contributed by atoms with Gasteiger partial charge in [-0.2, -0.15) is 0 Å². The fourth-order valence-corrected chi connectivity index (χ4v) is 2.24. The van der Waals surface area contributed by atoms with Crippen LogP contribution in [0.1, 0.15) is 4.88 Å². The Kier molecular flexibility index (Phi) is 1.79. The van der Waals surface area contributed by atoms with Gasteiger partial charge in [-0.1, -0.05) is 23.2 Å². The van der Waals surface area contributed by atoms with Crippen LogP contribution >= 0.6 is 34.5 Å². The van der Waals surface area contributed by atoms with Crippen LogP contribution in [-0.4, -0.2) is 10.8 Å². The normalized spacial score (nSPS) is 22.0. The molecule has 1 aromatic heterocycles. The van der Waals surface area contributed by atoms with Gasteiger partial charge in [0.15, 0.2) is 5.62 Å². The van der Waals surface area contributed by atoms with Crippen LogP contribution in [-0.2, 0) is 0 Å². The van der Waals surface area contributed by atoms with Crippen LogP contribution in [0.2, 0.25) is 0 Å². The molecule has 1 aromatic rings. The standard InChI is InChI=1S/C6H4Cl2N2S/c7-5-4-3(1-2-11-4)9-6(8)10-5/h1-2,6,9H. The molecule has 1 unspecified atom stereocenters. The number of alkyl halides is 1. The molecular formula is C6H4Cl2N2S. The molecule has 0 aromatic carbocycles. The molecule has 1 aliphatic rings. The summed E-state index contributed by atoms with van der Waals surface area (Å²) in [5.74, 6) is 0. The minimum Gasteiger partial charge on any atom is -0.350 e. The monoisotopic (exact) mass is 206 g/mol. The van der Waals surface area contributed by atoms with E-state index in [4.69, 9.17) is 23.2 Å². The van der Waals surface area contributed by atoms with E-state index < -0.39 is 5.62 Å². The number of rotatable bonds is 0. The molecule has 1 aliphatic heterocycles. The molecule has 0 saturated carbocycles. The molecule has 2 rings (SSSR count). The molecule has 0 radical (unpaired) electrons. The van der Waals surface area contributed by atoms with Crippen molar-refractivity contribution < 1.29 is 0 Å². The summed E-state index contributed by atoms with van der Waals surface area (Å²) in [7, 11) is 0. The SMILES string of the molecule is ClC1=NC(Cl)Nc2ccsc21. The highest BCUT2D eigenvalue weighted by atomic mass is 35.5. The van der Waals surface area contributed by atoms with Gasteiger partial charge in [-0.25, -0.2) is 4.99 Å². The highest BCUT2D eigenvalue weighted by Gasteiger charge is 2.17. The van der Waals surface area contributed by atoms with Crippen LogP contribution in [0.4, 0.5) is 5.69 Å². The number of halogens is 2. The number of aliphatic imine (C=N–C) groups is 1. The predicted molar refractivity (Wildman–Crippen MR) is 50.0 cm³/mol. The van der Waals surface area contributed by atoms with Crippen molar-refractivity contribution in [3.05, 3.63) is 16.3 Å². The molecule has 0 amide bonds. The van der Waals surface area contributed by atoms with Crippen molar-refractivity contribution in [2.75, 3.05) is 5.32 Å². The fraction of sp³-hybridized carbons (Fsp3) is 0.167. The summed E-state index contributed by atoms with van der Waals surface area (Å²) in [5.41, 5.74) is 0.541. The van der Waals surface area contributed by atoms with Crippen molar-refractivity contribution in [2.24, 2.45) is 4.99 Å². The number of anilines is 1. The van der Waals surface area contributed by atoms with E-state index in [9.17, 15) is 0 Å². The van der Waals surface area contributed by atoms with Gasteiger partial charge in [-0.3, -0.25) is 0 Å². The molecular weight excluding hydrogens is 203 g/mol. The van der Waals surface area contributed by atoms with Crippen LogP contribution in [0.15, 0.2) is 16.4 Å². The van der Waals surface area contributed by atoms with Crippen molar-refractivity contribution in [2.45, 2.75) is 5.62 Å². The Bertz CT molecular complexity index is 307. The van der Waals surface area contributed by atoms with Crippen LogP contribution in [0.25, 0.3) is 0 Å². The average molecular weight is 207 g/mol. The third kappa shape index (κ3) is 1.24. The maximum Gasteiger partial charge on any atom is 0.197 e. The highest BCUT2D eigenvalue weighted by Crippen LogP contribution is 2.29. The van der Waals surface area contributed by atoms with Crippen molar-refractivity contribution in [3.63, 3.8) is 0 Å². The summed E-state index contributed by atoms with van der Waals surface area (Å²) in [5, 5.41) is 5.42. The molecule has 5 heteroatoms. The molecule has 58 valence electrons. The highest BCUT2D eigenvalue weighted by molar-refractivity contribution is 7.14. The molecule has 0 spiro atoms. The summed E-state index contributed by atoms with van der Waals surface area (Å²) in [6, 6.07) is 1.94. The summed E-state index contributed by atoms with van der Waals surface area (Å²) < 4.78 is 0. The van der Waals surface area contributed by atoms with Gasteiger partial charge in [0.05, 0.1) is 10.6 Å². The maximum absolute atomic E-state index is 5.82.